The van der Waals surface area contributed by atoms with Gasteiger partial charge in [0.1, 0.15) is 5.69 Å². The fraction of sp³-hybridized carbons (Fsp3) is 0.380. The molecule has 91 heavy (non-hydrogen) atoms. The second-order valence-corrected chi connectivity index (χ2v) is 23.0. The predicted octanol–water partition coefficient (Wildman–Crippen LogP) is 13.1. The van der Waals surface area contributed by atoms with Crippen LogP contribution in [0.5, 0.6) is 0 Å². The van der Waals surface area contributed by atoms with E-state index < -0.39 is 21.4 Å². The van der Waals surface area contributed by atoms with E-state index in [4.69, 9.17) is 26.8 Å². The zero-order valence-electron chi connectivity index (χ0n) is 54.1. The van der Waals surface area contributed by atoms with Gasteiger partial charge in [-0.3, -0.25) is 29.8 Å². The van der Waals surface area contributed by atoms with E-state index in [0.717, 1.165) is 54.9 Å². The van der Waals surface area contributed by atoms with Gasteiger partial charge < -0.3 is 57.9 Å². The Kier molecular flexibility index (Phi) is 32.1. The van der Waals surface area contributed by atoms with Gasteiger partial charge in [0.25, 0.3) is 5.69 Å². The van der Waals surface area contributed by atoms with E-state index in [1.807, 2.05) is 77.4 Å². The second kappa shape index (κ2) is 39.2. The van der Waals surface area contributed by atoms with Crippen molar-refractivity contribution in [2.24, 2.45) is 5.73 Å². The van der Waals surface area contributed by atoms with Gasteiger partial charge in [-0.05, 0) is 171 Å². The third kappa shape index (κ3) is 25.1. The molecule has 7 aromatic carbocycles. The van der Waals surface area contributed by atoms with E-state index in [1.54, 1.807) is 45.9 Å². The zero-order chi connectivity index (χ0) is 67.0. The molecule has 0 aliphatic carbocycles. The standard InChI is InChI=1S/2C12H15NO.2C10H13N.C9H12N2O3.C9H14N2O.C6H4FNO2.C3H9NO/c2*1-9-7-8-11-5-3-4-6-12(11)13(9)10(2)14;2*1-8-6-7-9-4-2-3-5-10(9)11-8;1-7(6-12)10-8-4-2-3-5-9(8)11(13)14;1-7(6-12)11-9-5-3-2-4-8(9)10;7-5-3-1-2-4-6(5)8(9)10;1-3(4)2-5/h2*3-6,9H,7-8H2,1-2H3;2*2-5,8,11H,6-7H2,1H3;2-5,7,10,12H,6H2,1H3;2-5,7,11-12H,6,10H2,1H3;1-4H;3,5H,2,4H2,1H3/t2*9-;2*8-;2*7-;;3-/m000000.0/s1. The summed E-state index contributed by atoms with van der Waals surface area (Å²) < 4.78 is 12.4. The summed E-state index contributed by atoms with van der Waals surface area (Å²) in [4.78, 5) is 46.2. The number of para-hydroxylation sites is 9. The number of fused-ring (bicyclic) bond motifs is 4. The molecule has 19 nitrogen and oxygen atoms in total. The summed E-state index contributed by atoms with van der Waals surface area (Å²) in [7, 11) is 0. The van der Waals surface area contributed by atoms with Crippen LogP contribution < -0.4 is 42.5 Å². The Morgan fingerprint density at radius 2 is 0.868 bits per heavy atom. The van der Waals surface area contributed by atoms with Crippen LogP contribution >= 0.6 is 0 Å². The number of carbonyl (C=O) groups is 2. The maximum absolute atomic E-state index is 12.4. The molecule has 0 aromatic heterocycles. The summed E-state index contributed by atoms with van der Waals surface area (Å²) in [5.41, 5.74) is 22.6. The van der Waals surface area contributed by atoms with Gasteiger partial charge in [-0.2, -0.15) is 4.39 Å². The molecule has 7 atom stereocenters. The van der Waals surface area contributed by atoms with E-state index >= 15 is 0 Å². The molecule has 7 aromatic rings. The molecule has 2 amide bonds. The van der Waals surface area contributed by atoms with E-state index in [-0.39, 0.29) is 55.4 Å². The van der Waals surface area contributed by atoms with Crippen LogP contribution in [0.1, 0.15) is 110 Å². The molecule has 4 aliphatic rings. The van der Waals surface area contributed by atoms with Crippen LogP contribution in [0.4, 0.5) is 55.6 Å². The maximum atomic E-state index is 12.4. The molecule has 0 bridgehead atoms. The molecular formula is C71H95FN10O9. The number of nitrogens with two attached hydrogens (primary N) is 2. The highest BCUT2D eigenvalue weighted by molar-refractivity contribution is 5.94. The number of nitrogens with one attached hydrogen (secondary N) is 4. The van der Waals surface area contributed by atoms with Crippen molar-refractivity contribution in [3.05, 3.63) is 218 Å². The number of nitro groups is 2. The second-order valence-electron chi connectivity index (χ2n) is 23.0. The molecule has 11 N–H and O–H groups in total. The Morgan fingerprint density at radius 3 is 1.25 bits per heavy atom. The number of nitrogen functional groups attached to an aromatic ring is 1. The number of anilines is 7. The van der Waals surface area contributed by atoms with Crippen molar-refractivity contribution >= 4 is 63.0 Å². The van der Waals surface area contributed by atoms with Gasteiger partial charge in [-0.25, -0.2) is 0 Å². The monoisotopic (exact) mass is 1250 g/mol. The van der Waals surface area contributed by atoms with Crippen molar-refractivity contribution in [3.63, 3.8) is 0 Å². The van der Waals surface area contributed by atoms with Crippen molar-refractivity contribution in [1.82, 2.24) is 0 Å². The van der Waals surface area contributed by atoms with Crippen molar-refractivity contribution in [2.45, 2.75) is 156 Å². The molecule has 11 rings (SSSR count). The van der Waals surface area contributed by atoms with Gasteiger partial charge in [-0.15, -0.1) is 0 Å². The third-order valence-electron chi connectivity index (χ3n) is 15.0. The molecule has 0 radical (unpaired) electrons. The minimum absolute atomic E-state index is 0.0211. The zero-order valence-corrected chi connectivity index (χ0v) is 54.1. The SMILES string of the molecule is CC(=O)N1c2ccccc2CC[C@@H]1C.CC(=O)N1c2ccccc2CC[C@@H]1C.C[C@@H](CO)Nc1ccccc1N.C[C@@H](CO)Nc1ccccc1[N+](=O)[O-].C[C@H](N)CO.C[C@H]1CCc2ccccc2N1.C[C@H]1CCc2ccccc2N1.O=[N+]([O-])c1ccccc1F. The lowest BCUT2D eigenvalue weighted by Crippen LogP contribution is -2.40. The number of nitro benzene ring substituents is 2. The summed E-state index contributed by atoms with van der Waals surface area (Å²) in [5.74, 6) is -0.512. The number of aryl methyl sites for hydroxylation is 4. The van der Waals surface area contributed by atoms with Crippen LogP contribution in [0, 0.1) is 26.0 Å². The number of benzene rings is 7. The van der Waals surface area contributed by atoms with Crippen molar-refractivity contribution in [3.8, 4) is 0 Å². The van der Waals surface area contributed by atoms with Crippen LogP contribution in [-0.4, -0.2) is 99.1 Å². The third-order valence-corrected chi connectivity index (χ3v) is 15.0. The highest BCUT2D eigenvalue weighted by atomic mass is 19.1. The summed E-state index contributed by atoms with van der Waals surface area (Å²) in [6, 6.07) is 54.0. The topological polar surface area (TPSA) is 288 Å². The molecule has 0 saturated carbocycles. The number of carbonyl (C=O) groups excluding carboxylic acids is 2. The van der Waals surface area contributed by atoms with Gasteiger partial charge in [0.05, 0.1) is 41.0 Å². The molecule has 0 fully saturated rings. The number of aliphatic hydroxyl groups is 3. The summed E-state index contributed by atoms with van der Waals surface area (Å²) in [5, 5.41) is 59.0. The van der Waals surface area contributed by atoms with Gasteiger partial charge in [-0.1, -0.05) is 109 Å². The number of halogens is 1. The highest BCUT2D eigenvalue weighted by Crippen LogP contribution is 2.32. The average molecular weight is 1250 g/mol. The van der Waals surface area contributed by atoms with E-state index in [9.17, 15) is 34.2 Å². The first kappa shape index (κ1) is 74.5. The fourth-order valence-corrected chi connectivity index (χ4v) is 10.1. The molecule has 0 unspecified atom stereocenters. The number of hydrogen-bond donors (Lipinski definition) is 9. The minimum atomic E-state index is -0.799. The normalized spacial score (nSPS) is 17.0. The Hall–Kier alpha value is -8.95. The van der Waals surface area contributed by atoms with Crippen LogP contribution in [-0.2, 0) is 35.3 Å². The first-order chi connectivity index (χ1) is 43.5. The van der Waals surface area contributed by atoms with Crippen LogP contribution in [0.2, 0.25) is 0 Å². The summed E-state index contributed by atoms with van der Waals surface area (Å²) >= 11 is 0. The summed E-state index contributed by atoms with van der Waals surface area (Å²) in [6.07, 6.45) is 9.28. The van der Waals surface area contributed by atoms with Crippen LogP contribution in [0.25, 0.3) is 0 Å². The van der Waals surface area contributed by atoms with E-state index in [0.29, 0.717) is 35.5 Å². The molecular weight excluding hydrogens is 1160 g/mol. The number of amides is 2. The average Bonchev–Trinajstić information content (AvgIpc) is 1.17. The number of nitrogens with zero attached hydrogens (tertiary/aromatic N) is 4. The van der Waals surface area contributed by atoms with Gasteiger partial charge in [0.15, 0.2) is 0 Å². The molecule has 4 aliphatic heterocycles. The van der Waals surface area contributed by atoms with E-state index in [2.05, 4.69) is 110 Å². The molecule has 0 saturated heterocycles. The van der Waals surface area contributed by atoms with E-state index in [1.165, 1.54) is 77.5 Å². The first-order valence-electron chi connectivity index (χ1n) is 31.0. The Morgan fingerprint density at radius 1 is 0.527 bits per heavy atom. The maximum Gasteiger partial charge on any atom is 0.304 e. The van der Waals surface area contributed by atoms with Crippen molar-refractivity contribution < 1.29 is 39.1 Å². The molecule has 0 spiro atoms. The minimum Gasteiger partial charge on any atom is -0.397 e. The Bertz CT molecular complexity index is 3230. The molecule has 490 valence electrons. The molecule has 4 heterocycles. The number of aliphatic hydroxyl groups excluding tert-OH is 3. The number of hydrogen-bond acceptors (Lipinski definition) is 15. The largest absolute Gasteiger partial charge is 0.397 e. The Balaban J connectivity index is 0.000000224. The quantitative estimate of drug-likeness (QED) is 0.0369. The lowest BCUT2D eigenvalue weighted by Gasteiger charge is -2.34. The lowest BCUT2D eigenvalue weighted by molar-refractivity contribution is -0.387. The summed E-state index contributed by atoms with van der Waals surface area (Å²) in [6.45, 7) is 17.5. The lowest BCUT2D eigenvalue weighted by atomic mass is 9.97. The first-order valence-corrected chi connectivity index (χ1v) is 31.0. The van der Waals surface area contributed by atoms with Crippen molar-refractivity contribution in [1.29, 1.82) is 0 Å². The van der Waals surface area contributed by atoms with Crippen LogP contribution in [0.15, 0.2) is 170 Å². The Labute approximate surface area is 536 Å². The predicted molar refractivity (Wildman–Crippen MR) is 369 cm³/mol. The van der Waals surface area contributed by atoms with Gasteiger partial charge >= 0.3 is 5.69 Å². The van der Waals surface area contributed by atoms with Gasteiger partial charge in [0, 0.05) is 91.0 Å². The smallest absolute Gasteiger partial charge is 0.304 e. The van der Waals surface area contributed by atoms with Gasteiger partial charge in [0.2, 0.25) is 17.6 Å². The molecule has 20 heteroatoms. The van der Waals surface area contributed by atoms with Crippen LogP contribution in [0.3, 0.4) is 0 Å². The van der Waals surface area contributed by atoms with Crippen molar-refractivity contribution in [2.75, 3.05) is 56.6 Å². The highest BCUT2D eigenvalue weighted by Gasteiger charge is 2.27. The fourth-order valence-electron chi connectivity index (χ4n) is 10.1. The number of rotatable bonds is 9.